The van der Waals surface area contributed by atoms with Gasteiger partial charge in [0.15, 0.2) is 0 Å². The normalized spacial score (nSPS) is 15.6. The summed E-state index contributed by atoms with van der Waals surface area (Å²) < 4.78 is 17.7. The molecule has 2 aromatic rings. The molecule has 0 amide bonds. The predicted octanol–water partition coefficient (Wildman–Crippen LogP) is 2.44. The van der Waals surface area contributed by atoms with Crippen molar-refractivity contribution in [2.75, 3.05) is 13.7 Å². The molecule has 2 heterocycles. The first-order valence-electron chi connectivity index (χ1n) is 9.15. The number of esters is 1. The van der Waals surface area contributed by atoms with Crippen LogP contribution in [0.3, 0.4) is 0 Å². The van der Waals surface area contributed by atoms with Crippen LogP contribution in [0.4, 0.5) is 0 Å². The van der Waals surface area contributed by atoms with Gasteiger partial charge in [0.2, 0.25) is 5.88 Å². The van der Waals surface area contributed by atoms with Crippen molar-refractivity contribution in [3.8, 4) is 11.5 Å². The van der Waals surface area contributed by atoms with Crippen LogP contribution >= 0.6 is 0 Å². The third-order valence-corrected chi connectivity index (χ3v) is 4.83. The minimum absolute atomic E-state index is 0.0557. The average molecular weight is 384 g/mol. The number of hydrogen-bond donors (Lipinski definition) is 1. The average Bonchev–Trinajstić information content (AvgIpc) is 2.67. The van der Waals surface area contributed by atoms with Crippen molar-refractivity contribution in [2.45, 2.75) is 33.2 Å². The van der Waals surface area contributed by atoms with Gasteiger partial charge >= 0.3 is 5.97 Å². The van der Waals surface area contributed by atoms with E-state index in [1.807, 2.05) is 13.8 Å². The lowest BCUT2D eigenvalue weighted by Crippen LogP contribution is -2.35. The number of rotatable bonds is 5. The van der Waals surface area contributed by atoms with Crippen molar-refractivity contribution >= 4 is 5.97 Å². The maximum Gasteiger partial charge on any atom is 0.340 e. The lowest BCUT2D eigenvalue weighted by Gasteiger charge is -2.29. The molecule has 7 heteroatoms. The van der Waals surface area contributed by atoms with E-state index < -0.39 is 11.9 Å². The maximum atomic E-state index is 13.2. The Kier molecular flexibility index (Phi) is 5.44. The van der Waals surface area contributed by atoms with Crippen LogP contribution in [-0.4, -0.2) is 24.3 Å². The second-order valence-electron chi connectivity index (χ2n) is 6.42. The van der Waals surface area contributed by atoms with Gasteiger partial charge in [-0.25, -0.2) is 4.79 Å². The highest BCUT2D eigenvalue weighted by Crippen LogP contribution is 2.41. The van der Waals surface area contributed by atoms with Crippen LogP contribution in [0.25, 0.3) is 0 Å². The highest BCUT2D eigenvalue weighted by atomic mass is 16.5. The number of aromatic nitrogens is 1. The summed E-state index contributed by atoms with van der Waals surface area (Å²) >= 11 is 0. The molecule has 0 unspecified atom stereocenters. The first kappa shape index (κ1) is 19.5. The summed E-state index contributed by atoms with van der Waals surface area (Å²) in [5.74, 6) is -0.326. The summed E-state index contributed by atoms with van der Waals surface area (Å²) in [6, 6.07) is 8.93. The number of ether oxygens (including phenoxy) is 3. The van der Waals surface area contributed by atoms with Gasteiger partial charge in [0, 0.05) is 18.3 Å². The van der Waals surface area contributed by atoms with Crippen LogP contribution in [0, 0.1) is 6.92 Å². The van der Waals surface area contributed by atoms with E-state index >= 15 is 0 Å². The largest absolute Gasteiger partial charge is 0.497 e. The van der Waals surface area contributed by atoms with Gasteiger partial charge in [-0.15, -0.1) is 0 Å². The van der Waals surface area contributed by atoms with Crippen molar-refractivity contribution in [3.63, 3.8) is 0 Å². The molecule has 148 valence electrons. The fraction of sp³-hybridized carbons (Fsp3) is 0.333. The molecule has 2 N–H and O–H groups in total. The first-order valence-corrected chi connectivity index (χ1v) is 9.15. The van der Waals surface area contributed by atoms with E-state index in [1.165, 1.54) is 0 Å². The summed E-state index contributed by atoms with van der Waals surface area (Å²) in [5, 5.41) is 0. The number of pyridine rings is 1. The summed E-state index contributed by atoms with van der Waals surface area (Å²) in [6.45, 7) is 6.12. The molecule has 1 aromatic heterocycles. The maximum absolute atomic E-state index is 13.2. The molecule has 28 heavy (non-hydrogen) atoms. The fourth-order valence-corrected chi connectivity index (χ4v) is 3.52. The molecule has 0 aliphatic carbocycles. The van der Waals surface area contributed by atoms with Crippen molar-refractivity contribution in [2.24, 2.45) is 5.73 Å². The summed E-state index contributed by atoms with van der Waals surface area (Å²) in [4.78, 5) is 25.9. The monoisotopic (exact) mass is 384 g/mol. The van der Waals surface area contributed by atoms with Gasteiger partial charge in [-0.3, -0.25) is 4.79 Å². The number of aryl methyl sites for hydroxylation is 1. The Morgan fingerprint density at radius 1 is 1.25 bits per heavy atom. The van der Waals surface area contributed by atoms with Crippen molar-refractivity contribution < 1.29 is 19.0 Å². The Morgan fingerprint density at radius 3 is 2.50 bits per heavy atom. The SMILES string of the molecule is CCOC(=O)C1=C(N)Oc2cc(C)n(CC)c(=O)c2[C@@H]1c1ccc(OC)cc1. The second-order valence-corrected chi connectivity index (χ2v) is 6.42. The van der Waals surface area contributed by atoms with Crippen LogP contribution in [0.15, 0.2) is 46.6 Å². The molecule has 1 aliphatic heterocycles. The number of nitrogens with zero attached hydrogens (tertiary/aromatic N) is 1. The molecule has 0 saturated heterocycles. The smallest absolute Gasteiger partial charge is 0.340 e. The topological polar surface area (TPSA) is 92.8 Å². The molecule has 0 fully saturated rings. The number of methoxy groups -OCH3 is 1. The lowest BCUT2D eigenvalue weighted by atomic mass is 9.83. The fourth-order valence-electron chi connectivity index (χ4n) is 3.52. The molecule has 1 aliphatic rings. The second kappa shape index (κ2) is 7.80. The molecule has 1 aromatic carbocycles. The van der Waals surface area contributed by atoms with Crippen LogP contribution in [0.1, 0.15) is 36.6 Å². The molecule has 0 bridgehead atoms. The number of fused-ring (bicyclic) bond motifs is 1. The molecule has 0 spiro atoms. The Hall–Kier alpha value is -3.22. The zero-order valence-corrected chi connectivity index (χ0v) is 16.4. The summed E-state index contributed by atoms with van der Waals surface area (Å²) in [5.41, 5.74) is 7.86. The number of benzene rings is 1. The number of carbonyl (C=O) groups excluding carboxylic acids is 1. The number of carbonyl (C=O) groups is 1. The molecule has 1 atom stereocenters. The molecule has 3 rings (SSSR count). The van der Waals surface area contributed by atoms with Gasteiger partial charge in [0.05, 0.1) is 25.2 Å². The Balaban J connectivity index is 2.29. The van der Waals surface area contributed by atoms with Gasteiger partial charge in [0.1, 0.15) is 17.1 Å². The lowest BCUT2D eigenvalue weighted by molar-refractivity contribution is -0.139. The first-order chi connectivity index (χ1) is 13.4. The van der Waals surface area contributed by atoms with E-state index in [-0.39, 0.29) is 23.6 Å². The number of nitrogens with two attached hydrogens (primary N) is 1. The minimum atomic E-state index is -0.695. The van der Waals surface area contributed by atoms with Crippen LogP contribution in [-0.2, 0) is 16.1 Å². The van der Waals surface area contributed by atoms with E-state index in [2.05, 4.69) is 0 Å². The van der Waals surface area contributed by atoms with Crippen LogP contribution < -0.4 is 20.8 Å². The molecular formula is C21H24N2O5. The van der Waals surface area contributed by atoms with E-state index in [0.717, 1.165) is 11.3 Å². The van der Waals surface area contributed by atoms with E-state index in [4.69, 9.17) is 19.9 Å². The minimum Gasteiger partial charge on any atom is -0.497 e. The van der Waals surface area contributed by atoms with Crippen LogP contribution in [0.2, 0.25) is 0 Å². The molecule has 0 saturated carbocycles. The third kappa shape index (κ3) is 3.24. The van der Waals surface area contributed by atoms with E-state index in [1.54, 1.807) is 48.9 Å². The van der Waals surface area contributed by atoms with Gasteiger partial charge in [0.25, 0.3) is 5.56 Å². The highest BCUT2D eigenvalue weighted by molar-refractivity contribution is 5.92. The van der Waals surface area contributed by atoms with E-state index in [0.29, 0.717) is 23.6 Å². The number of hydrogen-bond acceptors (Lipinski definition) is 6. The van der Waals surface area contributed by atoms with Crippen molar-refractivity contribution in [1.29, 1.82) is 0 Å². The van der Waals surface area contributed by atoms with Gasteiger partial charge < -0.3 is 24.5 Å². The van der Waals surface area contributed by atoms with Gasteiger partial charge in [-0.2, -0.15) is 0 Å². The van der Waals surface area contributed by atoms with Gasteiger partial charge in [-0.05, 0) is 38.5 Å². The van der Waals surface area contributed by atoms with Gasteiger partial charge in [-0.1, -0.05) is 12.1 Å². The third-order valence-electron chi connectivity index (χ3n) is 4.83. The Bertz CT molecular complexity index is 989. The summed E-state index contributed by atoms with van der Waals surface area (Å²) in [6.07, 6.45) is 0. The highest BCUT2D eigenvalue weighted by Gasteiger charge is 2.38. The van der Waals surface area contributed by atoms with Crippen molar-refractivity contribution in [1.82, 2.24) is 4.57 Å². The molecular weight excluding hydrogens is 360 g/mol. The quantitative estimate of drug-likeness (QED) is 0.796. The molecule has 0 radical (unpaired) electrons. The predicted molar refractivity (Wildman–Crippen MR) is 104 cm³/mol. The van der Waals surface area contributed by atoms with E-state index in [9.17, 15) is 9.59 Å². The van der Waals surface area contributed by atoms with Crippen molar-refractivity contribution in [3.05, 3.63) is 69.0 Å². The van der Waals surface area contributed by atoms with Crippen LogP contribution in [0.5, 0.6) is 11.5 Å². The standard InChI is InChI=1S/C21H24N2O5/c1-5-23-12(3)11-15-17(20(23)24)16(13-7-9-14(26-4)10-8-13)18(19(22)28-15)21(25)27-6-2/h7-11,16H,5-6,22H2,1-4H3/t16-/m0/s1. The zero-order valence-electron chi connectivity index (χ0n) is 16.4. The summed E-state index contributed by atoms with van der Waals surface area (Å²) in [7, 11) is 1.57. The Morgan fingerprint density at radius 2 is 1.93 bits per heavy atom. The zero-order chi connectivity index (χ0) is 20.4. The molecule has 7 nitrogen and oxygen atoms in total. The Labute approximate surface area is 163 Å².